The van der Waals surface area contributed by atoms with E-state index < -0.39 is 15.4 Å². The fourth-order valence-corrected chi connectivity index (χ4v) is 5.45. The van der Waals surface area contributed by atoms with Crippen LogP contribution in [0.4, 0.5) is 4.79 Å². The molecule has 0 aromatic heterocycles. The molecule has 6 nitrogen and oxygen atoms in total. The van der Waals surface area contributed by atoms with Gasteiger partial charge in [0.1, 0.15) is 5.60 Å². The Labute approximate surface area is 192 Å². The molecule has 2 rings (SSSR count). The van der Waals surface area contributed by atoms with Gasteiger partial charge >= 0.3 is 6.09 Å². The fraction of sp³-hybridized carbons (Fsp3) is 0.958. The summed E-state index contributed by atoms with van der Waals surface area (Å²) in [6.45, 7) is 19.9. The maximum Gasteiger partial charge on any atom is 0.410 e. The van der Waals surface area contributed by atoms with E-state index in [1.165, 1.54) is 6.42 Å². The SMILES string of the molecule is CC(C)(C)OC(=O)N1CC[C@H](C(C)(C)O[SiH2]C(C)(C)C)[C@@H](CCOC2CCCCO2)C1. The van der Waals surface area contributed by atoms with Crippen molar-refractivity contribution in [1.29, 1.82) is 0 Å². The summed E-state index contributed by atoms with van der Waals surface area (Å²) >= 11 is 0. The molecule has 0 spiro atoms. The summed E-state index contributed by atoms with van der Waals surface area (Å²) < 4.78 is 24.0. The first-order valence-corrected chi connectivity index (χ1v) is 13.4. The average Bonchev–Trinajstić information content (AvgIpc) is 2.65. The molecule has 2 heterocycles. The number of hydrogen-bond acceptors (Lipinski definition) is 5. The van der Waals surface area contributed by atoms with Crippen LogP contribution in [0.25, 0.3) is 0 Å². The van der Waals surface area contributed by atoms with E-state index in [0.717, 1.165) is 32.3 Å². The normalized spacial score (nSPS) is 26.5. The number of rotatable bonds is 7. The third-order valence-corrected chi connectivity index (χ3v) is 7.84. The summed E-state index contributed by atoms with van der Waals surface area (Å²) in [7, 11) is -0.666. The number of likely N-dealkylation sites (tertiary alicyclic amines) is 1. The van der Waals surface area contributed by atoms with Crippen molar-refractivity contribution in [3.63, 3.8) is 0 Å². The second kappa shape index (κ2) is 11.0. The Morgan fingerprint density at radius 3 is 2.35 bits per heavy atom. The van der Waals surface area contributed by atoms with Crippen LogP contribution < -0.4 is 0 Å². The van der Waals surface area contributed by atoms with E-state index in [0.29, 0.717) is 31.5 Å². The largest absolute Gasteiger partial charge is 0.444 e. The second-order valence-electron chi connectivity index (χ2n) is 12.0. The Kier molecular flexibility index (Phi) is 9.44. The molecule has 3 atom stereocenters. The van der Waals surface area contributed by atoms with Gasteiger partial charge in [-0.15, -0.1) is 0 Å². The minimum atomic E-state index is -0.666. The quantitative estimate of drug-likeness (QED) is 0.510. The van der Waals surface area contributed by atoms with Gasteiger partial charge in [0.05, 0.1) is 12.2 Å². The van der Waals surface area contributed by atoms with Gasteiger partial charge in [0, 0.05) is 19.7 Å². The van der Waals surface area contributed by atoms with Crippen molar-refractivity contribution in [2.75, 3.05) is 26.3 Å². The van der Waals surface area contributed by atoms with Gasteiger partial charge in [-0.25, -0.2) is 4.79 Å². The van der Waals surface area contributed by atoms with E-state index in [9.17, 15) is 4.79 Å². The van der Waals surface area contributed by atoms with Crippen LogP contribution in [-0.4, -0.2) is 64.6 Å². The van der Waals surface area contributed by atoms with E-state index in [2.05, 4.69) is 34.6 Å². The predicted octanol–water partition coefficient (Wildman–Crippen LogP) is 4.89. The molecule has 0 aromatic carbocycles. The number of nitrogens with zero attached hydrogens (tertiary/aromatic N) is 1. The van der Waals surface area contributed by atoms with Crippen molar-refractivity contribution in [2.24, 2.45) is 11.8 Å². The van der Waals surface area contributed by atoms with Gasteiger partial charge in [-0.1, -0.05) is 20.8 Å². The van der Waals surface area contributed by atoms with E-state index in [4.69, 9.17) is 18.6 Å². The van der Waals surface area contributed by atoms with Gasteiger partial charge in [-0.3, -0.25) is 0 Å². The molecule has 182 valence electrons. The molecule has 2 aliphatic heterocycles. The van der Waals surface area contributed by atoms with Gasteiger partial charge in [0.2, 0.25) is 0 Å². The number of ether oxygens (including phenoxy) is 3. The number of hydrogen-bond donors (Lipinski definition) is 0. The van der Waals surface area contributed by atoms with Gasteiger partial charge in [-0.05, 0) is 83.6 Å². The van der Waals surface area contributed by atoms with E-state index in [-0.39, 0.29) is 23.0 Å². The standard InChI is InChI=1S/C24H47NO5Si/c1-22(2,3)29-21(26)25-14-12-19(24(7,8)30-31-23(4,5)6)18(17-25)13-16-28-20-11-9-10-15-27-20/h18-20H,9-17,31H2,1-8H3/t18-,19-,20?/m0/s1. The molecule has 0 bridgehead atoms. The van der Waals surface area contributed by atoms with Gasteiger partial charge in [0.25, 0.3) is 0 Å². The van der Waals surface area contributed by atoms with Gasteiger partial charge < -0.3 is 23.5 Å². The van der Waals surface area contributed by atoms with E-state index in [1.807, 2.05) is 25.7 Å². The van der Waals surface area contributed by atoms with Crippen LogP contribution in [0.15, 0.2) is 0 Å². The molecule has 0 N–H and O–H groups in total. The van der Waals surface area contributed by atoms with Crippen LogP contribution in [0.5, 0.6) is 0 Å². The van der Waals surface area contributed by atoms with Crippen LogP contribution in [0.2, 0.25) is 5.04 Å². The minimum Gasteiger partial charge on any atom is -0.444 e. The molecule has 31 heavy (non-hydrogen) atoms. The lowest BCUT2D eigenvalue weighted by molar-refractivity contribution is -0.166. The van der Waals surface area contributed by atoms with Crippen LogP contribution >= 0.6 is 0 Å². The first kappa shape index (κ1) is 26.6. The Morgan fingerprint density at radius 1 is 1.06 bits per heavy atom. The topological polar surface area (TPSA) is 57.2 Å². The summed E-state index contributed by atoms with van der Waals surface area (Å²) in [5.41, 5.74) is -0.683. The zero-order valence-electron chi connectivity index (χ0n) is 21.3. The number of piperidine rings is 1. The van der Waals surface area contributed by atoms with Crippen molar-refractivity contribution in [3.05, 3.63) is 0 Å². The smallest absolute Gasteiger partial charge is 0.410 e. The second-order valence-corrected chi connectivity index (χ2v) is 14.7. The molecule has 7 heteroatoms. The van der Waals surface area contributed by atoms with Crippen LogP contribution in [0, 0.1) is 11.8 Å². The molecular weight excluding hydrogens is 410 g/mol. The minimum absolute atomic E-state index is 0.0738. The maximum atomic E-state index is 12.7. The van der Waals surface area contributed by atoms with Gasteiger partial charge in [0.15, 0.2) is 16.1 Å². The molecule has 2 saturated heterocycles. The highest BCUT2D eigenvalue weighted by atomic mass is 28.2. The molecule has 2 aliphatic rings. The average molecular weight is 458 g/mol. The van der Waals surface area contributed by atoms with Crippen molar-refractivity contribution in [2.45, 2.75) is 110 Å². The Balaban J connectivity index is 2.02. The molecular formula is C24H47NO5Si. The van der Waals surface area contributed by atoms with Crippen molar-refractivity contribution < 1.29 is 23.4 Å². The molecule has 1 unspecified atom stereocenters. The summed E-state index contributed by atoms with van der Waals surface area (Å²) in [5.74, 6) is 0.700. The Morgan fingerprint density at radius 2 is 1.77 bits per heavy atom. The first-order chi connectivity index (χ1) is 14.3. The maximum absolute atomic E-state index is 12.7. The molecule has 0 saturated carbocycles. The Hall–Kier alpha value is -0.633. The first-order valence-electron chi connectivity index (χ1n) is 12.1. The summed E-state index contributed by atoms with van der Waals surface area (Å²) in [6.07, 6.45) is 4.80. The van der Waals surface area contributed by atoms with Crippen molar-refractivity contribution in [1.82, 2.24) is 4.90 Å². The lowest BCUT2D eigenvalue weighted by Gasteiger charge is -2.46. The zero-order chi connectivity index (χ0) is 23.3. The zero-order valence-corrected chi connectivity index (χ0v) is 22.7. The van der Waals surface area contributed by atoms with Crippen LogP contribution in [-0.2, 0) is 18.6 Å². The molecule has 1 amide bonds. The molecule has 0 radical (unpaired) electrons. The third kappa shape index (κ3) is 9.40. The highest BCUT2D eigenvalue weighted by molar-refractivity contribution is 6.31. The monoisotopic (exact) mass is 457 g/mol. The molecule has 0 aromatic rings. The lowest BCUT2D eigenvalue weighted by atomic mass is 9.74. The van der Waals surface area contributed by atoms with Crippen LogP contribution in [0.3, 0.4) is 0 Å². The number of amides is 1. The van der Waals surface area contributed by atoms with Crippen molar-refractivity contribution >= 4 is 15.9 Å². The van der Waals surface area contributed by atoms with Crippen LogP contribution in [0.1, 0.15) is 87.5 Å². The van der Waals surface area contributed by atoms with E-state index in [1.54, 1.807) is 0 Å². The Bertz CT molecular complexity index is 563. The summed E-state index contributed by atoms with van der Waals surface area (Å²) in [6, 6.07) is 0. The van der Waals surface area contributed by atoms with E-state index >= 15 is 0 Å². The predicted molar refractivity (Wildman–Crippen MR) is 127 cm³/mol. The summed E-state index contributed by atoms with van der Waals surface area (Å²) in [5, 5.41) is 0.255. The third-order valence-electron chi connectivity index (χ3n) is 6.09. The fourth-order valence-electron chi connectivity index (χ4n) is 4.44. The molecule has 0 aliphatic carbocycles. The highest BCUT2D eigenvalue weighted by Gasteiger charge is 2.42. The highest BCUT2D eigenvalue weighted by Crippen LogP contribution is 2.38. The summed E-state index contributed by atoms with van der Waals surface area (Å²) in [4.78, 5) is 14.6. The molecule has 2 fully saturated rings. The number of carbonyl (C=O) groups is 1. The number of carbonyl (C=O) groups excluding carboxylic acids is 1. The van der Waals surface area contributed by atoms with Gasteiger partial charge in [-0.2, -0.15) is 0 Å². The van der Waals surface area contributed by atoms with Crippen molar-refractivity contribution in [3.8, 4) is 0 Å². The lowest BCUT2D eigenvalue weighted by Crippen LogP contribution is -2.52.